The summed E-state index contributed by atoms with van der Waals surface area (Å²) < 4.78 is 0. The molecule has 0 bridgehead atoms. The summed E-state index contributed by atoms with van der Waals surface area (Å²) in [6, 6.07) is 11.0. The fourth-order valence-corrected chi connectivity index (χ4v) is 9.98. The maximum Gasteiger partial charge on any atom is 0.0577 e. The second-order valence-corrected chi connectivity index (χ2v) is 13.5. The van der Waals surface area contributed by atoms with Crippen LogP contribution < -0.4 is 4.90 Å². The number of hydrogen-bond donors (Lipinski definition) is 1. The maximum absolute atomic E-state index is 10.3. The molecular weight excluding hydrogens is 428 g/mol. The predicted octanol–water partition coefficient (Wildman–Crippen LogP) is 6.38. The van der Waals surface area contributed by atoms with Gasteiger partial charge in [0.25, 0.3) is 0 Å². The van der Waals surface area contributed by atoms with Gasteiger partial charge in [-0.2, -0.15) is 0 Å². The summed E-state index contributed by atoms with van der Waals surface area (Å²) >= 11 is 0. The van der Waals surface area contributed by atoms with Crippen molar-refractivity contribution < 1.29 is 5.11 Å². The van der Waals surface area contributed by atoms with Gasteiger partial charge in [-0.3, -0.25) is 4.90 Å². The van der Waals surface area contributed by atoms with Gasteiger partial charge in [-0.05, 0) is 104 Å². The second kappa shape index (κ2) is 9.21. The molecule has 4 fully saturated rings. The number of fused-ring (bicyclic) bond motifs is 5. The molecule has 1 aromatic carbocycles. The van der Waals surface area contributed by atoms with E-state index in [1.807, 2.05) is 0 Å². The van der Waals surface area contributed by atoms with Gasteiger partial charge in [0.2, 0.25) is 0 Å². The number of benzene rings is 1. The van der Waals surface area contributed by atoms with Gasteiger partial charge >= 0.3 is 0 Å². The first-order chi connectivity index (χ1) is 16.9. The van der Waals surface area contributed by atoms with Crippen molar-refractivity contribution in [2.45, 2.75) is 78.2 Å². The molecule has 1 aliphatic heterocycles. The fourth-order valence-electron chi connectivity index (χ4n) is 9.98. The van der Waals surface area contributed by atoms with Crippen molar-refractivity contribution in [3.8, 4) is 0 Å². The Hall–Kier alpha value is -1.32. The van der Waals surface area contributed by atoms with Crippen molar-refractivity contribution in [1.82, 2.24) is 4.90 Å². The molecule has 35 heavy (non-hydrogen) atoms. The zero-order valence-electron chi connectivity index (χ0n) is 22.5. The molecule has 1 N–H and O–H groups in total. The number of nitrogens with zero attached hydrogens (tertiary/aromatic N) is 2. The first-order valence-electron chi connectivity index (χ1n) is 14.8. The number of para-hydroxylation sites is 1. The normalized spacial score (nSPS) is 42.6. The molecule has 3 heteroatoms. The third-order valence-corrected chi connectivity index (χ3v) is 11.9. The molecule has 0 amide bonds. The molecule has 5 aliphatic rings. The Morgan fingerprint density at radius 1 is 0.943 bits per heavy atom. The SMILES string of the molecule is C[C@H](CN1CCN(c2ccccc2)CC1)[C@H]1CC[C@H]2[C@@H]3CC=C4CC(O)CC[C@]4(C)[C@H]3CC[C@]12C. The number of aliphatic hydroxyl groups is 1. The van der Waals surface area contributed by atoms with Gasteiger partial charge in [0.05, 0.1) is 6.10 Å². The molecule has 3 saturated carbocycles. The van der Waals surface area contributed by atoms with E-state index < -0.39 is 0 Å². The highest BCUT2D eigenvalue weighted by Crippen LogP contribution is 2.67. The molecule has 1 aromatic rings. The van der Waals surface area contributed by atoms with Gasteiger partial charge in [0.15, 0.2) is 0 Å². The highest BCUT2D eigenvalue weighted by Gasteiger charge is 2.59. The van der Waals surface area contributed by atoms with Crippen molar-refractivity contribution in [2.75, 3.05) is 37.6 Å². The molecule has 4 aliphatic carbocycles. The Labute approximate surface area is 214 Å². The largest absolute Gasteiger partial charge is 0.393 e. The standard InChI is InChI=1S/C32H48N2O/c1-23(22-33-17-19-34(20-18-33)25-7-5-4-6-8-25)28-11-12-29-27-10-9-24-21-26(35)13-15-31(24,2)30(27)14-16-32(28,29)3/h4-9,23,26-30,35H,10-22H2,1-3H3/t23-,26?,27+,28-,29+,30+,31+,32-/m1/s1. The van der Waals surface area contributed by atoms with E-state index in [2.05, 4.69) is 67.0 Å². The fraction of sp³-hybridized carbons (Fsp3) is 0.750. The van der Waals surface area contributed by atoms with Crippen LogP contribution in [0.2, 0.25) is 0 Å². The van der Waals surface area contributed by atoms with Crippen LogP contribution in [-0.4, -0.2) is 48.8 Å². The number of allylic oxidation sites excluding steroid dienone is 1. The van der Waals surface area contributed by atoms with Gasteiger partial charge in [0, 0.05) is 38.4 Å². The highest BCUT2D eigenvalue weighted by molar-refractivity contribution is 5.46. The monoisotopic (exact) mass is 476 g/mol. The third-order valence-electron chi connectivity index (χ3n) is 11.9. The van der Waals surface area contributed by atoms with E-state index in [1.54, 1.807) is 5.57 Å². The summed E-state index contributed by atoms with van der Waals surface area (Å²) in [7, 11) is 0. The van der Waals surface area contributed by atoms with Crippen LogP contribution in [0, 0.1) is 40.4 Å². The first kappa shape index (κ1) is 24.0. The number of piperazine rings is 1. The Morgan fingerprint density at radius 3 is 2.49 bits per heavy atom. The zero-order valence-corrected chi connectivity index (χ0v) is 22.5. The van der Waals surface area contributed by atoms with Gasteiger partial charge in [-0.15, -0.1) is 0 Å². The molecule has 0 spiro atoms. The molecule has 1 saturated heterocycles. The molecular formula is C32H48N2O. The maximum atomic E-state index is 10.3. The molecule has 0 aromatic heterocycles. The van der Waals surface area contributed by atoms with Gasteiger partial charge in [-0.1, -0.05) is 50.6 Å². The smallest absolute Gasteiger partial charge is 0.0577 e. The molecule has 1 heterocycles. The lowest BCUT2D eigenvalue weighted by atomic mass is 9.47. The van der Waals surface area contributed by atoms with E-state index >= 15 is 0 Å². The Balaban J connectivity index is 1.10. The van der Waals surface area contributed by atoms with Crippen LogP contribution in [0.4, 0.5) is 5.69 Å². The van der Waals surface area contributed by atoms with Crippen LogP contribution >= 0.6 is 0 Å². The van der Waals surface area contributed by atoms with E-state index in [4.69, 9.17) is 0 Å². The minimum Gasteiger partial charge on any atom is -0.393 e. The molecule has 3 nitrogen and oxygen atoms in total. The van der Waals surface area contributed by atoms with Crippen molar-refractivity contribution in [1.29, 1.82) is 0 Å². The quantitative estimate of drug-likeness (QED) is 0.511. The van der Waals surface area contributed by atoms with E-state index in [-0.39, 0.29) is 6.10 Å². The lowest BCUT2D eigenvalue weighted by Crippen LogP contribution is -2.52. The average molecular weight is 477 g/mol. The lowest BCUT2D eigenvalue weighted by molar-refractivity contribution is -0.0585. The summed E-state index contributed by atoms with van der Waals surface area (Å²) in [5, 5.41) is 10.3. The Kier molecular flexibility index (Phi) is 6.33. The summed E-state index contributed by atoms with van der Waals surface area (Å²) in [6.45, 7) is 13.8. The molecule has 192 valence electrons. The summed E-state index contributed by atoms with van der Waals surface area (Å²) in [5.74, 6) is 4.31. The van der Waals surface area contributed by atoms with E-state index in [0.717, 1.165) is 55.5 Å². The van der Waals surface area contributed by atoms with Crippen LogP contribution in [0.3, 0.4) is 0 Å². The number of hydrogen-bond acceptors (Lipinski definition) is 3. The van der Waals surface area contributed by atoms with E-state index in [9.17, 15) is 5.11 Å². The molecule has 6 rings (SSSR count). The second-order valence-electron chi connectivity index (χ2n) is 13.5. The van der Waals surface area contributed by atoms with Gasteiger partial charge in [0.1, 0.15) is 0 Å². The van der Waals surface area contributed by atoms with Crippen molar-refractivity contribution >= 4 is 5.69 Å². The van der Waals surface area contributed by atoms with Crippen LogP contribution in [0.15, 0.2) is 42.0 Å². The third kappa shape index (κ3) is 4.09. The van der Waals surface area contributed by atoms with E-state index in [0.29, 0.717) is 10.8 Å². The minimum absolute atomic E-state index is 0.0917. The number of anilines is 1. The van der Waals surface area contributed by atoms with Gasteiger partial charge in [-0.25, -0.2) is 0 Å². The summed E-state index contributed by atoms with van der Waals surface area (Å²) in [5.41, 5.74) is 3.89. The van der Waals surface area contributed by atoms with E-state index in [1.165, 1.54) is 63.8 Å². The molecule has 0 radical (unpaired) electrons. The minimum atomic E-state index is -0.0917. The van der Waals surface area contributed by atoms with Crippen LogP contribution in [0.5, 0.6) is 0 Å². The number of rotatable bonds is 4. The van der Waals surface area contributed by atoms with Crippen molar-refractivity contribution in [3.63, 3.8) is 0 Å². The topological polar surface area (TPSA) is 26.7 Å². The predicted molar refractivity (Wildman–Crippen MR) is 145 cm³/mol. The number of aliphatic hydroxyl groups excluding tert-OH is 1. The zero-order chi connectivity index (χ0) is 24.2. The lowest BCUT2D eigenvalue weighted by Gasteiger charge is -2.58. The molecule has 1 unspecified atom stereocenters. The first-order valence-corrected chi connectivity index (χ1v) is 14.8. The van der Waals surface area contributed by atoms with Crippen LogP contribution in [0.25, 0.3) is 0 Å². The Morgan fingerprint density at radius 2 is 1.71 bits per heavy atom. The summed E-state index contributed by atoms with van der Waals surface area (Å²) in [6.07, 6.45) is 12.7. The van der Waals surface area contributed by atoms with Crippen molar-refractivity contribution in [2.24, 2.45) is 40.4 Å². The average Bonchev–Trinajstić information content (AvgIpc) is 3.23. The summed E-state index contributed by atoms with van der Waals surface area (Å²) in [4.78, 5) is 5.32. The Bertz CT molecular complexity index is 921. The van der Waals surface area contributed by atoms with Crippen LogP contribution in [0.1, 0.15) is 72.1 Å². The van der Waals surface area contributed by atoms with Crippen molar-refractivity contribution in [3.05, 3.63) is 42.0 Å². The van der Waals surface area contributed by atoms with Crippen LogP contribution in [-0.2, 0) is 0 Å². The molecule has 8 atom stereocenters. The highest BCUT2D eigenvalue weighted by atomic mass is 16.3. The van der Waals surface area contributed by atoms with Gasteiger partial charge < -0.3 is 10.0 Å².